The summed E-state index contributed by atoms with van der Waals surface area (Å²) in [6.45, 7) is 6.12. The maximum Gasteiger partial charge on any atom is 0.269 e. The van der Waals surface area contributed by atoms with E-state index in [0.29, 0.717) is 10.6 Å². The molecule has 0 saturated carbocycles. The Morgan fingerprint density at radius 3 is 2.71 bits per heavy atom. The first-order chi connectivity index (χ1) is 7.97. The number of anilines is 1. The Kier molecular flexibility index (Phi) is 2.93. The Hall–Kier alpha value is -1.76. The molecular formula is C10H13N5OS. The summed E-state index contributed by atoms with van der Waals surface area (Å²) in [7, 11) is 0. The van der Waals surface area contributed by atoms with Gasteiger partial charge in [0.15, 0.2) is 0 Å². The van der Waals surface area contributed by atoms with E-state index in [0.717, 1.165) is 11.5 Å². The van der Waals surface area contributed by atoms with Gasteiger partial charge in [-0.05, 0) is 32.3 Å². The number of carbonyl (C=O) groups excluding carboxylic acids is 1. The number of nitrogens with one attached hydrogen (secondary N) is 1. The molecule has 0 spiro atoms. The van der Waals surface area contributed by atoms with Gasteiger partial charge in [-0.3, -0.25) is 9.48 Å². The normalized spacial score (nSPS) is 11.5. The lowest BCUT2D eigenvalue weighted by Crippen LogP contribution is -2.22. The number of hydrogen-bond acceptors (Lipinski definition) is 5. The average Bonchev–Trinajstić information content (AvgIpc) is 2.85. The van der Waals surface area contributed by atoms with Crippen LogP contribution in [0.4, 0.5) is 5.69 Å². The third-order valence-corrected chi connectivity index (χ3v) is 2.78. The third-order valence-electron chi connectivity index (χ3n) is 2.11. The van der Waals surface area contributed by atoms with E-state index < -0.39 is 0 Å². The second-order valence-electron chi connectivity index (χ2n) is 4.58. The van der Waals surface area contributed by atoms with Crippen molar-refractivity contribution in [2.45, 2.75) is 26.3 Å². The number of carbonyl (C=O) groups is 1. The summed E-state index contributed by atoms with van der Waals surface area (Å²) in [5.74, 6) is -0.214. The SMILES string of the molecule is CC(C)(C)n1cc(NC(=O)c2cnns2)cn1. The van der Waals surface area contributed by atoms with Gasteiger partial charge in [0.05, 0.1) is 23.6 Å². The molecule has 0 atom stereocenters. The molecule has 0 aliphatic carbocycles. The summed E-state index contributed by atoms with van der Waals surface area (Å²) < 4.78 is 5.44. The zero-order valence-electron chi connectivity index (χ0n) is 9.84. The monoisotopic (exact) mass is 251 g/mol. The highest BCUT2D eigenvalue weighted by atomic mass is 32.1. The topological polar surface area (TPSA) is 72.7 Å². The van der Waals surface area contributed by atoms with Gasteiger partial charge in [0, 0.05) is 6.20 Å². The predicted octanol–water partition coefficient (Wildman–Crippen LogP) is 1.74. The van der Waals surface area contributed by atoms with E-state index in [1.807, 2.05) is 20.8 Å². The van der Waals surface area contributed by atoms with Crippen LogP contribution >= 0.6 is 11.5 Å². The highest BCUT2D eigenvalue weighted by Gasteiger charge is 2.15. The molecule has 0 aliphatic heterocycles. The summed E-state index contributed by atoms with van der Waals surface area (Å²) in [5, 5.41) is 10.6. The fourth-order valence-electron chi connectivity index (χ4n) is 1.21. The van der Waals surface area contributed by atoms with Crippen LogP contribution in [0.3, 0.4) is 0 Å². The fraction of sp³-hybridized carbons (Fsp3) is 0.400. The van der Waals surface area contributed by atoms with Crippen LogP contribution in [-0.4, -0.2) is 25.3 Å². The van der Waals surface area contributed by atoms with Crippen LogP contribution in [0.2, 0.25) is 0 Å². The van der Waals surface area contributed by atoms with E-state index in [9.17, 15) is 4.79 Å². The first-order valence-corrected chi connectivity index (χ1v) is 5.88. The van der Waals surface area contributed by atoms with Crippen LogP contribution in [0, 0.1) is 0 Å². The molecule has 0 unspecified atom stereocenters. The van der Waals surface area contributed by atoms with Crippen LogP contribution in [0.1, 0.15) is 30.4 Å². The lowest BCUT2D eigenvalue weighted by molar-refractivity contribution is 0.103. The van der Waals surface area contributed by atoms with Gasteiger partial charge in [-0.25, -0.2) is 0 Å². The van der Waals surface area contributed by atoms with Gasteiger partial charge in [0.25, 0.3) is 5.91 Å². The Morgan fingerprint density at radius 2 is 2.18 bits per heavy atom. The van der Waals surface area contributed by atoms with E-state index in [-0.39, 0.29) is 11.4 Å². The molecular weight excluding hydrogens is 238 g/mol. The summed E-state index contributed by atoms with van der Waals surface area (Å²) in [6.07, 6.45) is 4.86. The summed E-state index contributed by atoms with van der Waals surface area (Å²) in [6, 6.07) is 0. The van der Waals surface area contributed by atoms with Crippen LogP contribution in [0.5, 0.6) is 0 Å². The lowest BCUT2D eigenvalue weighted by Gasteiger charge is -2.18. The Balaban J connectivity index is 2.10. The molecule has 0 bridgehead atoms. The highest BCUT2D eigenvalue weighted by Crippen LogP contribution is 2.16. The summed E-state index contributed by atoms with van der Waals surface area (Å²) >= 11 is 1.06. The number of aromatic nitrogens is 4. The van der Waals surface area contributed by atoms with Crippen molar-refractivity contribution in [2.24, 2.45) is 0 Å². The highest BCUT2D eigenvalue weighted by molar-refractivity contribution is 7.07. The maximum absolute atomic E-state index is 11.7. The summed E-state index contributed by atoms with van der Waals surface area (Å²) in [5.41, 5.74) is 0.563. The second-order valence-corrected chi connectivity index (χ2v) is 5.37. The molecule has 0 aromatic carbocycles. The number of rotatable bonds is 2. The Bertz CT molecular complexity index is 511. The van der Waals surface area contributed by atoms with Crippen LogP contribution in [0.25, 0.3) is 0 Å². The van der Waals surface area contributed by atoms with Gasteiger partial charge >= 0.3 is 0 Å². The Morgan fingerprint density at radius 1 is 1.41 bits per heavy atom. The van der Waals surface area contributed by atoms with Gasteiger partial charge in [-0.15, -0.1) is 5.10 Å². The van der Waals surface area contributed by atoms with Crippen LogP contribution < -0.4 is 5.32 Å². The van der Waals surface area contributed by atoms with Crippen molar-refractivity contribution in [3.8, 4) is 0 Å². The van der Waals surface area contributed by atoms with E-state index in [4.69, 9.17) is 0 Å². The largest absolute Gasteiger partial charge is 0.318 e. The van der Waals surface area contributed by atoms with Crippen molar-refractivity contribution >= 4 is 23.1 Å². The summed E-state index contributed by atoms with van der Waals surface area (Å²) in [4.78, 5) is 12.2. The van der Waals surface area contributed by atoms with Crippen LogP contribution in [-0.2, 0) is 5.54 Å². The minimum atomic E-state index is -0.214. The van der Waals surface area contributed by atoms with E-state index in [1.54, 1.807) is 17.1 Å². The Labute approximate surface area is 103 Å². The molecule has 2 aromatic heterocycles. The molecule has 1 amide bonds. The van der Waals surface area contributed by atoms with E-state index in [2.05, 4.69) is 20.0 Å². The second kappa shape index (κ2) is 4.25. The number of hydrogen-bond donors (Lipinski definition) is 1. The first kappa shape index (κ1) is 11.7. The average molecular weight is 251 g/mol. The molecule has 2 rings (SSSR count). The van der Waals surface area contributed by atoms with Gasteiger partial charge in [-0.2, -0.15) is 5.10 Å². The van der Waals surface area contributed by atoms with Gasteiger partial charge < -0.3 is 5.32 Å². The molecule has 2 aromatic rings. The molecule has 0 saturated heterocycles. The zero-order valence-corrected chi connectivity index (χ0v) is 10.7. The molecule has 2 heterocycles. The third kappa shape index (κ3) is 2.68. The van der Waals surface area contributed by atoms with Gasteiger partial charge in [0.1, 0.15) is 4.88 Å². The van der Waals surface area contributed by atoms with Crippen molar-refractivity contribution in [2.75, 3.05) is 5.32 Å². The van der Waals surface area contributed by atoms with Crippen molar-refractivity contribution in [3.63, 3.8) is 0 Å². The van der Waals surface area contributed by atoms with Crippen LogP contribution in [0.15, 0.2) is 18.6 Å². The van der Waals surface area contributed by atoms with E-state index >= 15 is 0 Å². The smallest absolute Gasteiger partial charge is 0.269 e. The zero-order chi connectivity index (χ0) is 12.5. The maximum atomic E-state index is 11.7. The van der Waals surface area contributed by atoms with Crippen molar-refractivity contribution < 1.29 is 4.79 Å². The minimum Gasteiger partial charge on any atom is -0.318 e. The van der Waals surface area contributed by atoms with Crippen molar-refractivity contribution in [1.29, 1.82) is 0 Å². The molecule has 1 N–H and O–H groups in total. The quantitative estimate of drug-likeness (QED) is 0.882. The molecule has 17 heavy (non-hydrogen) atoms. The first-order valence-electron chi connectivity index (χ1n) is 5.11. The molecule has 90 valence electrons. The van der Waals surface area contributed by atoms with E-state index in [1.165, 1.54) is 6.20 Å². The number of nitrogens with zero attached hydrogens (tertiary/aromatic N) is 4. The molecule has 7 heteroatoms. The molecule has 0 radical (unpaired) electrons. The molecule has 0 fully saturated rings. The standard InChI is InChI=1S/C10H13N5OS/c1-10(2,3)15-6-7(4-12-15)13-9(16)8-5-11-14-17-8/h4-6H,1-3H3,(H,13,16). The van der Waals surface area contributed by atoms with Gasteiger partial charge in [0.2, 0.25) is 0 Å². The number of amides is 1. The van der Waals surface area contributed by atoms with Crippen molar-refractivity contribution in [3.05, 3.63) is 23.5 Å². The molecule has 6 nitrogen and oxygen atoms in total. The molecule has 0 aliphatic rings. The lowest BCUT2D eigenvalue weighted by atomic mass is 10.1. The van der Waals surface area contributed by atoms with Gasteiger partial charge in [-0.1, -0.05) is 4.49 Å². The predicted molar refractivity (Wildman–Crippen MR) is 65.1 cm³/mol. The minimum absolute atomic E-state index is 0.102. The van der Waals surface area contributed by atoms with Crippen molar-refractivity contribution in [1.82, 2.24) is 19.4 Å². The fourth-order valence-corrected chi connectivity index (χ4v) is 1.62.